The lowest BCUT2D eigenvalue weighted by atomic mass is 9.89. The zero-order valence-corrected chi connectivity index (χ0v) is 11.0. The molecule has 0 heterocycles. The molecule has 2 rings (SSSR count). The molecular weight excluding hydrogens is 257 g/mol. The van der Waals surface area contributed by atoms with Gasteiger partial charge in [0.15, 0.2) is 5.78 Å². The summed E-state index contributed by atoms with van der Waals surface area (Å²) in [7, 11) is 0. The van der Waals surface area contributed by atoms with E-state index in [2.05, 4.69) is 0 Å². The van der Waals surface area contributed by atoms with Gasteiger partial charge >= 0.3 is 0 Å². The Labute approximate surface area is 111 Å². The molecule has 2 nitrogen and oxygen atoms in total. The van der Waals surface area contributed by atoms with Crippen LogP contribution in [0.2, 0.25) is 10.0 Å². The maximum absolute atomic E-state index is 12.2. The van der Waals surface area contributed by atoms with Gasteiger partial charge in [-0.05, 0) is 30.5 Å². The smallest absolute Gasteiger partial charge is 0.157 e. The second kappa shape index (κ2) is 4.97. The van der Waals surface area contributed by atoms with Crippen molar-refractivity contribution in [2.75, 3.05) is 0 Å². The molecule has 0 spiro atoms. The van der Waals surface area contributed by atoms with Crippen LogP contribution >= 0.6 is 23.2 Å². The van der Waals surface area contributed by atoms with Crippen LogP contribution in [0.3, 0.4) is 0 Å². The predicted octanol–water partition coefficient (Wildman–Crippen LogP) is 3.38. The highest BCUT2D eigenvalue weighted by Gasteiger charge is 2.36. The third-order valence-electron chi connectivity index (χ3n) is 3.45. The topological polar surface area (TPSA) is 43.1 Å². The van der Waals surface area contributed by atoms with Crippen LogP contribution in [0.4, 0.5) is 0 Å². The van der Waals surface area contributed by atoms with Gasteiger partial charge in [0.1, 0.15) is 0 Å². The molecule has 0 amide bonds. The third kappa shape index (κ3) is 2.65. The quantitative estimate of drug-likeness (QED) is 0.916. The number of rotatable bonds is 3. The normalized spacial score (nSPS) is 18.3. The number of ketones is 1. The highest BCUT2D eigenvalue weighted by Crippen LogP contribution is 2.31. The van der Waals surface area contributed by atoms with Crippen molar-refractivity contribution < 1.29 is 4.79 Å². The number of nitrogens with two attached hydrogens (primary N) is 1. The number of hydrogen-bond acceptors (Lipinski definition) is 2. The maximum Gasteiger partial charge on any atom is 0.157 e. The maximum atomic E-state index is 12.2. The first-order valence-electron chi connectivity index (χ1n) is 5.78. The van der Waals surface area contributed by atoms with Crippen molar-refractivity contribution in [3.8, 4) is 0 Å². The number of carbonyl (C=O) groups is 1. The standard InChI is InChI=1S/C13H15Cl2NO/c14-10-4-3-5-11(15)9(10)8-12(17)13(16)6-1-2-7-13/h3-5H,1-2,6-8,16H2. The Hall–Kier alpha value is -0.570. The molecule has 1 aromatic carbocycles. The minimum absolute atomic E-state index is 0.0463. The van der Waals surface area contributed by atoms with Crippen LogP contribution in [-0.4, -0.2) is 11.3 Å². The van der Waals surface area contributed by atoms with Crippen LogP contribution in [0.5, 0.6) is 0 Å². The highest BCUT2D eigenvalue weighted by atomic mass is 35.5. The Bertz CT molecular complexity index is 419. The van der Waals surface area contributed by atoms with E-state index in [0.29, 0.717) is 15.6 Å². The lowest BCUT2D eigenvalue weighted by molar-refractivity contribution is -0.123. The molecule has 1 fully saturated rings. The first-order chi connectivity index (χ1) is 8.03. The molecule has 1 aromatic rings. The zero-order chi connectivity index (χ0) is 12.5. The van der Waals surface area contributed by atoms with Crippen LogP contribution in [0, 0.1) is 0 Å². The summed E-state index contributed by atoms with van der Waals surface area (Å²) in [5.74, 6) is 0.0463. The van der Waals surface area contributed by atoms with E-state index >= 15 is 0 Å². The van der Waals surface area contributed by atoms with Crippen LogP contribution in [0.1, 0.15) is 31.2 Å². The fourth-order valence-electron chi connectivity index (χ4n) is 2.32. The lowest BCUT2D eigenvalue weighted by Gasteiger charge is -2.22. The predicted molar refractivity (Wildman–Crippen MR) is 70.6 cm³/mol. The molecule has 92 valence electrons. The summed E-state index contributed by atoms with van der Waals surface area (Å²) in [5, 5.41) is 1.07. The first-order valence-corrected chi connectivity index (χ1v) is 6.53. The van der Waals surface area contributed by atoms with E-state index in [1.54, 1.807) is 18.2 Å². The average Bonchev–Trinajstić information content (AvgIpc) is 2.72. The molecule has 2 N–H and O–H groups in total. The fourth-order valence-corrected chi connectivity index (χ4v) is 2.85. The van der Waals surface area contributed by atoms with Crippen LogP contribution in [0.25, 0.3) is 0 Å². The molecule has 0 radical (unpaired) electrons. The molecule has 4 heteroatoms. The van der Waals surface area contributed by atoms with E-state index in [1.165, 1.54) is 0 Å². The Morgan fingerprint density at radius 3 is 2.29 bits per heavy atom. The van der Waals surface area contributed by atoms with Gasteiger partial charge in [0.05, 0.1) is 5.54 Å². The molecular formula is C13H15Cl2NO. The Morgan fingerprint density at radius 1 is 1.24 bits per heavy atom. The van der Waals surface area contributed by atoms with Gasteiger partial charge in [-0.15, -0.1) is 0 Å². The molecule has 17 heavy (non-hydrogen) atoms. The average molecular weight is 272 g/mol. The Balaban J connectivity index is 2.18. The van der Waals surface area contributed by atoms with E-state index < -0.39 is 5.54 Å². The number of hydrogen-bond donors (Lipinski definition) is 1. The Kier molecular flexibility index (Phi) is 3.76. The SMILES string of the molecule is NC1(C(=O)Cc2c(Cl)cccc2Cl)CCCC1. The van der Waals surface area contributed by atoms with E-state index in [4.69, 9.17) is 28.9 Å². The van der Waals surface area contributed by atoms with Crippen molar-refractivity contribution in [2.24, 2.45) is 5.73 Å². The lowest BCUT2D eigenvalue weighted by Crippen LogP contribution is -2.46. The van der Waals surface area contributed by atoms with Gasteiger partial charge in [-0.3, -0.25) is 4.79 Å². The zero-order valence-electron chi connectivity index (χ0n) is 9.51. The van der Waals surface area contributed by atoms with Gasteiger partial charge in [-0.1, -0.05) is 42.1 Å². The summed E-state index contributed by atoms with van der Waals surface area (Å²) in [6.07, 6.45) is 3.83. The van der Waals surface area contributed by atoms with Crippen molar-refractivity contribution in [3.63, 3.8) is 0 Å². The van der Waals surface area contributed by atoms with Crippen molar-refractivity contribution in [2.45, 2.75) is 37.6 Å². The summed E-state index contributed by atoms with van der Waals surface area (Å²) < 4.78 is 0. The summed E-state index contributed by atoms with van der Waals surface area (Å²) in [5.41, 5.74) is 6.14. The molecule has 0 aliphatic heterocycles. The van der Waals surface area contributed by atoms with Crippen LogP contribution in [0.15, 0.2) is 18.2 Å². The molecule has 0 bridgehead atoms. The summed E-state index contributed by atoms with van der Waals surface area (Å²) >= 11 is 12.1. The number of benzene rings is 1. The van der Waals surface area contributed by atoms with Gasteiger partial charge < -0.3 is 5.73 Å². The summed E-state index contributed by atoms with van der Waals surface area (Å²) in [6.45, 7) is 0. The number of carbonyl (C=O) groups excluding carboxylic acids is 1. The largest absolute Gasteiger partial charge is 0.319 e. The van der Waals surface area contributed by atoms with E-state index in [9.17, 15) is 4.79 Å². The molecule has 1 saturated carbocycles. The second-order valence-corrected chi connectivity index (χ2v) is 5.48. The summed E-state index contributed by atoms with van der Waals surface area (Å²) in [6, 6.07) is 5.26. The van der Waals surface area contributed by atoms with Crippen molar-refractivity contribution >= 4 is 29.0 Å². The van der Waals surface area contributed by atoms with Crippen LogP contribution < -0.4 is 5.73 Å². The van der Waals surface area contributed by atoms with Gasteiger partial charge in [-0.25, -0.2) is 0 Å². The van der Waals surface area contributed by atoms with Gasteiger partial charge in [0, 0.05) is 16.5 Å². The monoisotopic (exact) mass is 271 g/mol. The molecule has 0 atom stereocenters. The van der Waals surface area contributed by atoms with Gasteiger partial charge in [0.2, 0.25) is 0 Å². The van der Waals surface area contributed by atoms with Crippen molar-refractivity contribution in [3.05, 3.63) is 33.8 Å². The van der Waals surface area contributed by atoms with E-state index in [0.717, 1.165) is 25.7 Å². The highest BCUT2D eigenvalue weighted by molar-refractivity contribution is 6.36. The number of Topliss-reactive ketones (excluding diaryl/α,β-unsaturated/α-hetero) is 1. The first kappa shape index (κ1) is 12.9. The van der Waals surface area contributed by atoms with E-state index in [1.807, 2.05) is 0 Å². The molecule has 1 aliphatic carbocycles. The molecule has 0 aromatic heterocycles. The minimum atomic E-state index is -0.664. The minimum Gasteiger partial charge on any atom is -0.319 e. The Morgan fingerprint density at radius 2 is 1.76 bits per heavy atom. The van der Waals surface area contributed by atoms with E-state index in [-0.39, 0.29) is 12.2 Å². The molecule has 1 aliphatic rings. The van der Waals surface area contributed by atoms with Gasteiger partial charge in [-0.2, -0.15) is 0 Å². The second-order valence-electron chi connectivity index (χ2n) is 4.66. The third-order valence-corrected chi connectivity index (χ3v) is 4.16. The van der Waals surface area contributed by atoms with Crippen molar-refractivity contribution in [1.82, 2.24) is 0 Å². The molecule has 0 unspecified atom stereocenters. The van der Waals surface area contributed by atoms with Crippen molar-refractivity contribution in [1.29, 1.82) is 0 Å². The fraction of sp³-hybridized carbons (Fsp3) is 0.462. The number of halogens is 2. The van der Waals surface area contributed by atoms with Gasteiger partial charge in [0.25, 0.3) is 0 Å². The summed E-state index contributed by atoms with van der Waals surface area (Å²) in [4.78, 5) is 12.2. The molecule has 0 saturated heterocycles. The van der Waals surface area contributed by atoms with Crippen LogP contribution in [-0.2, 0) is 11.2 Å².